The molecule has 3 N–H and O–H groups in total. The zero-order chi connectivity index (χ0) is 18.2. The lowest BCUT2D eigenvalue weighted by Gasteiger charge is -2.06. The minimum Gasteiger partial charge on any atom is -0.480 e. The summed E-state index contributed by atoms with van der Waals surface area (Å²) in [6, 6.07) is 11.3. The Morgan fingerprint density at radius 3 is 2.60 bits per heavy atom. The summed E-state index contributed by atoms with van der Waals surface area (Å²) in [4.78, 5) is 22.2. The molecule has 0 fully saturated rings. The first kappa shape index (κ1) is 18.8. The lowest BCUT2D eigenvalue weighted by atomic mass is 10.2. The number of hydrogen-bond acceptors (Lipinski definition) is 4. The maximum atomic E-state index is 11.7. The summed E-state index contributed by atoms with van der Waals surface area (Å²) in [5, 5.41) is 15.2. The number of nitrogens with zero attached hydrogens (tertiary/aromatic N) is 1. The number of ether oxygens (including phenoxy) is 1. The lowest BCUT2D eigenvalue weighted by Crippen LogP contribution is -2.24. The number of carbonyl (C=O) groups excluding carboxylic acids is 1. The normalized spacial score (nSPS) is 10.5. The quantitative estimate of drug-likeness (QED) is 0.484. The number of anilines is 1. The molecule has 2 rings (SSSR count). The van der Waals surface area contributed by atoms with Gasteiger partial charge >= 0.3 is 12.0 Å². The first-order valence-electron chi connectivity index (χ1n) is 6.94. The van der Waals surface area contributed by atoms with Crippen molar-refractivity contribution in [2.24, 2.45) is 5.10 Å². The standard InChI is InChI=1S/C16H13BrClN3O4/c17-11-2-4-12(5-3-11)20-16(24)21-19-8-10-1-6-14(13(18)7-10)25-9-15(22)23/h1-8H,9H2,(H,22,23)(H2,20,21,24)/b19-8+. The van der Waals surface area contributed by atoms with Crippen molar-refractivity contribution >= 4 is 51.4 Å². The van der Waals surface area contributed by atoms with Gasteiger partial charge in [-0.1, -0.05) is 27.5 Å². The molecule has 2 aromatic carbocycles. The summed E-state index contributed by atoms with van der Waals surface area (Å²) >= 11 is 9.30. The molecule has 0 unspecified atom stereocenters. The summed E-state index contributed by atoms with van der Waals surface area (Å²) in [5.41, 5.74) is 3.56. The van der Waals surface area contributed by atoms with Crippen LogP contribution in [0.15, 0.2) is 52.0 Å². The van der Waals surface area contributed by atoms with Gasteiger partial charge in [-0.2, -0.15) is 5.10 Å². The number of halogens is 2. The van der Waals surface area contributed by atoms with Crippen LogP contribution in [0.1, 0.15) is 5.56 Å². The van der Waals surface area contributed by atoms with E-state index in [-0.39, 0.29) is 10.8 Å². The topological polar surface area (TPSA) is 100 Å². The maximum absolute atomic E-state index is 11.7. The molecule has 0 aliphatic carbocycles. The van der Waals surface area contributed by atoms with Crippen molar-refractivity contribution in [2.45, 2.75) is 0 Å². The molecule has 25 heavy (non-hydrogen) atoms. The Morgan fingerprint density at radius 1 is 1.24 bits per heavy atom. The van der Waals surface area contributed by atoms with Gasteiger partial charge in [-0.3, -0.25) is 0 Å². The van der Waals surface area contributed by atoms with Crippen LogP contribution >= 0.6 is 27.5 Å². The van der Waals surface area contributed by atoms with Gasteiger partial charge in [0.1, 0.15) is 5.75 Å². The third kappa shape index (κ3) is 6.44. The van der Waals surface area contributed by atoms with Crippen LogP contribution in [-0.2, 0) is 4.79 Å². The molecular formula is C16H13BrClN3O4. The molecule has 0 aromatic heterocycles. The van der Waals surface area contributed by atoms with Gasteiger partial charge < -0.3 is 15.2 Å². The molecule has 7 nitrogen and oxygen atoms in total. The van der Waals surface area contributed by atoms with Crippen LogP contribution in [0.2, 0.25) is 5.02 Å². The van der Waals surface area contributed by atoms with Crippen molar-refractivity contribution in [3.63, 3.8) is 0 Å². The number of amides is 2. The molecule has 0 saturated heterocycles. The van der Waals surface area contributed by atoms with Gasteiger partial charge in [0.05, 0.1) is 11.2 Å². The van der Waals surface area contributed by atoms with Gasteiger partial charge in [0, 0.05) is 10.2 Å². The highest BCUT2D eigenvalue weighted by molar-refractivity contribution is 9.10. The lowest BCUT2D eigenvalue weighted by molar-refractivity contribution is -0.139. The number of carboxylic acid groups (broad SMARTS) is 1. The third-order valence-corrected chi connectivity index (χ3v) is 3.61. The second-order valence-electron chi connectivity index (χ2n) is 4.70. The van der Waals surface area contributed by atoms with E-state index in [9.17, 15) is 9.59 Å². The van der Waals surface area contributed by atoms with Crippen LogP contribution in [-0.4, -0.2) is 29.9 Å². The largest absolute Gasteiger partial charge is 0.480 e. The van der Waals surface area contributed by atoms with E-state index in [0.717, 1.165) is 4.47 Å². The molecule has 0 aliphatic heterocycles. The number of benzene rings is 2. The van der Waals surface area contributed by atoms with Gasteiger partial charge in [0.25, 0.3) is 0 Å². The van der Waals surface area contributed by atoms with Crippen molar-refractivity contribution in [3.05, 3.63) is 57.5 Å². The fourth-order valence-corrected chi connectivity index (χ4v) is 2.22. The number of aliphatic carboxylic acids is 1. The van der Waals surface area contributed by atoms with Crippen molar-refractivity contribution in [1.82, 2.24) is 5.43 Å². The molecule has 0 aliphatic rings. The molecule has 9 heteroatoms. The van der Waals surface area contributed by atoms with Gasteiger partial charge in [-0.05, 0) is 48.0 Å². The van der Waals surface area contributed by atoms with E-state index in [4.69, 9.17) is 21.4 Å². The van der Waals surface area contributed by atoms with E-state index in [0.29, 0.717) is 11.3 Å². The molecular weight excluding hydrogens is 414 g/mol. The molecule has 0 atom stereocenters. The number of nitrogens with one attached hydrogen (secondary N) is 2. The number of carbonyl (C=O) groups is 2. The zero-order valence-corrected chi connectivity index (χ0v) is 15.0. The number of rotatable bonds is 6. The van der Waals surface area contributed by atoms with Crippen LogP contribution < -0.4 is 15.5 Å². The van der Waals surface area contributed by atoms with E-state index in [1.807, 2.05) is 0 Å². The average Bonchev–Trinajstić information content (AvgIpc) is 2.56. The van der Waals surface area contributed by atoms with E-state index < -0.39 is 18.6 Å². The Labute approximate surface area is 156 Å². The Bertz CT molecular complexity index is 796. The van der Waals surface area contributed by atoms with Crippen LogP contribution in [0.3, 0.4) is 0 Å². The second-order valence-corrected chi connectivity index (χ2v) is 6.03. The Kier molecular flexibility index (Phi) is 6.79. The molecule has 0 bridgehead atoms. The zero-order valence-electron chi connectivity index (χ0n) is 12.7. The Hall–Kier alpha value is -2.58. The highest BCUT2D eigenvalue weighted by Gasteiger charge is 2.05. The molecule has 130 valence electrons. The molecule has 2 amide bonds. The predicted octanol–water partition coefficient (Wildman–Crippen LogP) is 3.72. The summed E-state index contributed by atoms with van der Waals surface area (Å²) < 4.78 is 5.92. The van der Waals surface area contributed by atoms with Crippen molar-refractivity contribution in [2.75, 3.05) is 11.9 Å². The molecule has 0 radical (unpaired) electrons. The monoisotopic (exact) mass is 425 g/mol. The SMILES string of the molecule is O=C(O)COc1ccc(/C=N/NC(=O)Nc2ccc(Br)cc2)cc1Cl. The summed E-state index contributed by atoms with van der Waals surface area (Å²) in [5.74, 6) is -0.843. The van der Waals surface area contributed by atoms with Crippen molar-refractivity contribution < 1.29 is 19.4 Å². The summed E-state index contributed by atoms with van der Waals surface area (Å²) in [6.45, 7) is -0.481. The average molecular weight is 427 g/mol. The molecule has 0 heterocycles. The fourth-order valence-electron chi connectivity index (χ4n) is 1.71. The number of hydrogen-bond donors (Lipinski definition) is 3. The summed E-state index contributed by atoms with van der Waals surface area (Å²) in [6.07, 6.45) is 1.40. The first-order valence-corrected chi connectivity index (χ1v) is 8.11. The van der Waals surface area contributed by atoms with E-state index in [1.165, 1.54) is 18.3 Å². The molecule has 0 spiro atoms. The first-order chi connectivity index (χ1) is 11.9. The van der Waals surface area contributed by atoms with Gasteiger partial charge in [-0.25, -0.2) is 15.0 Å². The predicted molar refractivity (Wildman–Crippen MR) is 98.5 cm³/mol. The minimum absolute atomic E-state index is 0.240. The Morgan fingerprint density at radius 2 is 1.96 bits per heavy atom. The number of urea groups is 1. The minimum atomic E-state index is -1.09. The highest BCUT2D eigenvalue weighted by atomic mass is 79.9. The van der Waals surface area contributed by atoms with E-state index >= 15 is 0 Å². The van der Waals surface area contributed by atoms with Crippen molar-refractivity contribution in [3.8, 4) is 5.75 Å². The Balaban J connectivity index is 1.88. The van der Waals surface area contributed by atoms with Crippen molar-refractivity contribution in [1.29, 1.82) is 0 Å². The summed E-state index contributed by atoms with van der Waals surface area (Å²) in [7, 11) is 0. The van der Waals surface area contributed by atoms with Gasteiger partial charge in [0.15, 0.2) is 6.61 Å². The van der Waals surface area contributed by atoms with Gasteiger partial charge in [0.2, 0.25) is 0 Å². The van der Waals surface area contributed by atoms with Crippen LogP contribution in [0.4, 0.5) is 10.5 Å². The van der Waals surface area contributed by atoms with Crippen LogP contribution in [0.25, 0.3) is 0 Å². The fraction of sp³-hybridized carbons (Fsp3) is 0.0625. The maximum Gasteiger partial charge on any atom is 0.341 e. The number of carboxylic acids is 1. The van der Waals surface area contributed by atoms with E-state index in [1.54, 1.807) is 30.3 Å². The third-order valence-electron chi connectivity index (χ3n) is 2.79. The van der Waals surface area contributed by atoms with Gasteiger partial charge in [-0.15, -0.1) is 0 Å². The van der Waals surface area contributed by atoms with Crippen LogP contribution in [0.5, 0.6) is 5.75 Å². The highest BCUT2D eigenvalue weighted by Crippen LogP contribution is 2.24. The second kappa shape index (κ2) is 9.05. The smallest absolute Gasteiger partial charge is 0.341 e. The number of hydrazone groups is 1. The molecule has 2 aromatic rings. The molecule has 0 saturated carbocycles. The van der Waals surface area contributed by atoms with Crippen LogP contribution in [0, 0.1) is 0 Å². The van der Waals surface area contributed by atoms with E-state index in [2.05, 4.69) is 31.8 Å².